The number of aliphatic hydroxyl groups excluding tert-OH is 1. The van der Waals surface area contributed by atoms with Gasteiger partial charge < -0.3 is 10.0 Å². The summed E-state index contributed by atoms with van der Waals surface area (Å²) in [7, 11) is 0. The minimum absolute atomic E-state index is 0.398. The number of halogens is 1. The van der Waals surface area contributed by atoms with Gasteiger partial charge in [0.2, 0.25) is 0 Å². The maximum atomic E-state index is 9.78. The maximum Gasteiger partial charge on any atom is 0.0782 e. The van der Waals surface area contributed by atoms with E-state index in [9.17, 15) is 5.11 Å². The lowest BCUT2D eigenvalue weighted by atomic mass is 10.0. The van der Waals surface area contributed by atoms with Gasteiger partial charge in [-0.15, -0.1) is 0 Å². The number of piperidine rings is 1. The van der Waals surface area contributed by atoms with E-state index in [0.29, 0.717) is 0 Å². The summed E-state index contributed by atoms with van der Waals surface area (Å²) in [6.07, 6.45) is 3.44. The van der Waals surface area contributed by atoms with Crippen LogP contribution in [0.5, 0.6) is 0 Å². The summed E-state index contributed by atoms with van der Waals surface area (Å²) >= 11 is 3.50. The fraction of sp³-hybridized carbons (Fsp3) is 0.538. The van der Waals surface area contributed by atoms with Crippen molar-refractivity contribution in [3.8, 4) is 0 Å². The number of aliphatic hydroxyl groups is 1. The highest BCUT2D eigenvalue weighted by Crippen LogP contribution is 2.31. The molecule has 2 rings (SSSR count). The normalized spacial score (nSPS) is 18.6. The largest absolute Gasteiger partial charge is 0.389 e. The molecular weight excluding hydrogens is 266 g/mol. The van der Waals surface area contributed by atoms with Gasteiger partial charge in [-0.1, -0.05) is 22.0 Å². The molecule has 0 bridgehead atoms. The van der Waals surface area contributed by atoms with Gasteiger partial charge in [0, 0.05) is 28.8 Å². The molecule has 0 spiro atoms. The van der Waals surface area contributed by atoms with Crippen LogP contribution in [0.1, 0.15) is 37.9 Å². The van der Waals surface area contributed by atoms with Crippen molar-refractivity contribution in [1.29, 1.82) is 0 Å². The molecule has 0 aliphatic carbocycles. The van der Waals surface area contributed by atoms with E-state index in [0.717, 1.165) is 23.1 Å². The van der Waals surface area contributed by atoms with Crippen LogP contribution in [-0.2, 0) is 0 Å². The van der Waals surface area contributed by atoms with E-state index in [4.69, 9.17) is 0 Å². The number of hydrogen-bond donors (Lipinski definition) is 1. The van der Waals surface area contributed by atoms with E-state index in [1.807, 2.05) is 19.1 Å². The summed E-state index contributed by atoms with van der Waals surface area (Å²) < 4.78 is 1.08. The van der Waals surface area contributed by atoms with Crippen LogP contribution < -0.4 is 4.90 Å². The molecule has 3 heteroatoms. The van der Waals surface area contributed by atoms with Gasteiger partial charge in [-0.05, 0) is 38.3 Å². The highest BCUT2D eigenvalue weighted by Gasteiger charge is 2.16. The summed E-state index contributed by atoms with van der Waals surface area (Å²) in [5, 5.41) is 9.78. The van der Waals surface area contributed by atoms with Gasteiger partial charge in [0.25, 0.3) is 0 Å². The minimum Gasteiger partial charge on any atom is -0.389 e. The molecule has 1 unspecified atom stereocenters. The predicted octanol–water partition coefficient (Wildman–Crippen LogP) is 3.49. The molecule has 2 nitrogen and oxygen atoms in total. The smallest absolute Gasteiger partial charge is 0.0782 e. The van der Waals surface area contributed by atoms with Crippen molar-refractivity contribution < 1.29 is 5.11 Å². The van der Waals surface area contributed by atoms with Crippen LogP contribution >= 0.6 is 15.9 Å². The van der Waals surface area contributed by atoms with Gasteiger partial charge in [0.15, 0.2) is 0 Å². The van der Waals surface area contributed by atoms with Crippen molar-refractivity contribution in [1.82, 2.24) is 0 Å². The lowest BCUT2D eigenvalue weighted by Crippen LogP contribution is -2.30. The van der Waals surface area contributed by atoms with E-state index in [-0.39, 0.29) is 0 Å². The van der Waals surface area contributed by atoms with Gasteiger partial charge >= 0.3 is 0 Å². The van der Waals surface area contributed by atoms with Crippen LogP contribution in [0.2, 0.25) is 0 Å². The lowest BCUT2D eigenvalue weighted by Gasteiger charge is -2.31. The molecule has 0 saturated carbocycles. The molecule has 16 heavy (non-hydrogen) atoms. The SMILES string of the molecule is CC(O)c1ccc(Br)cc1N1CCCCC1. The van der Waals surface area contributed by atoms with Gasteiger partial charge in [-0.2, -0.15) is 0 Å². The maximum absolute atomic E-state index is 9.78. The molecule has 0 amide bonds. The van der Waals surface area contributed by atoms with Crippen molar-refractivity contribution in [3.05, 3.63) is 28.2 Å². The molecule has 1 saturated heterocycles. The van der Waals surface area contributed by atoms with Crippen molar-refractivity contribution in [2.45, 2.75) is 32.3 Å². The van der Waals surface area contributed by atoms with E-state index in [2.05, 4.69) is 26.9 Å². The Balaban J connectivity index is 2.32. The second-order valence-electron chi connectivity index (χ2n) is 4.43. The zero-order valence-corrected chi connectivity index (χ0v) is 11.2. The Kier molecular flexibility index (Phi) is 3.87. The van der Waals surface area contributed by atoms with Gasteiger partial charge in [-0.3, -0.25) is 0 Å². The Morgan fingerprint density at radius 2 is 1.94 bits per heavy atom. The molecule has 1 N–H and O–H groups in total. The van der Waals surface area contributed by atoms with Crippen LogP contribution in [0.25, 0.3) is 0 Å². The Bertz CT molecular complexity index is 359. The molecule has 1 aliphatic rings. The van der Waals surface area contributed by atoms with Gasteiger partial charge in [0.05, 0.1) is 6.10 Å². The molecule has 0 aromatic heterocycles. The average Bonchev–Trinajstić information content (AvgIpc) is 2.29. The van der Waals surface area contributed by atoms with Gasteiger partial charge in [0.1, 0.15) is 0 Å². The van der Waals surface area contributed by atoms with Gasteiger partial charge in [-0.25, -0.2) is 0 Å². The van der Waals surface area contributed by atoms with Crippen molar-refractivity contribution in [2.75, 3.05) is 18.0 Å². The molecule has 1 aliphatic heterocycles. The van der Waals surface area contributed by atoms with Crippen LogP contribution in [0.3, 0.4) is 0 Å². The Morgan fingerprint density at radius 1 is 1.25 bits per heavy atom. The second kappa shape index (κ2) is 5.19. The number of rotatable bonds is 2. The van der Waals surface area contributed by atoms with E-state index in [1.165, 1.54) is 24.9 Å². The van der Waals surface area contributed by atoms with Crippen LogP contribution in [0.4, 0.5) is 5.69 Å². The molecule has 1 aromatic carbocycles. The average molecular weight is 284 g/mol. The minimum atomic E-state index is -0.398. The zero-order valence-electron chi connectivity index (χ0n) is 9.62. The Hall–Kier alpha value is -0.540. The number of anilines is 1. The summed E-state index contributed by atoms with van der Waals surface area (Å²) in [6.45, 7) is 4.04. The number of benzene rings is 1. The highest BCUT2D eigenvalue weighted by atomic mass is 79.9. The Morgan fingerprint density at radius 3 is 2.56 bits per heavy atom. The second-order valence-corrected chi connectivity index (χ2v) is 5.34. The zero-order chi connectivity index (χ0) is 11.5. The Labute approximate surface area is 105 Å². The van der Waals surface area contributed by atoms with Crippen LogP contribution in [-0.4, -0.2) is 18.2 Å². The summed E-state index contributed by atoms with van der Waals surface area (Å²) in [4.78, 5) is 2.39. The fourth-order valence-corrected chi connectivity index (χ4v) is 2.63. The monoisotopic (exact) mass is 283 g/mol. The summed E-state index contributed by atoms with van der Waals surface area (Å²) in [5.74, 6) is 0. The lowest BCUT2D eigenvalue weighted by molar-refractivity contribution is 0.199. The number of nitrogens with zero attached hydrogens (tertiary/aromatic N) is 1. The van der Waals surface area contributed by atoms with E-state index >= 15 is 0 Å². The first-order valence-corrected chi connectivity index (χ1v) is 6.70. The topological polar surface area (TPSA) is 23.5 Å². The third-order valence-electron chi connectivity index (χ3n) is 3.14. The standard InChI is InChI=1S/C13H18BrNO/c1-10(16)12-6-5-11(14)9-13(12)15-7-3-2-4-8-15/h5-6,9-10,16H,2-4,7-8H2,1H3. The molecule has 1 heterocycles. The first kappa shape index (κ1) is 11.9. The first-order chi connectivity index (χ1) is 7.68. The molecule has 1 aromatic rings. The predicted molar refractivity (Wildman–Crippen MR) is 70.8 cm³/mol. The third kappa shape index (κ3) is 2.58. The molecular formula is C13H18BrNO. The first-order valence-electron chi connectivity index (χ1n) is 5.91. The highest BCUT2D eigenvalue weighted by molar-refractivity contribution is 9.10. The fourth-order valence-electron chi connectivity index (χ4n) is 2.28. The van der Waals surface area contributed by atoms with E-state index < -0.39 is 6.10 Å². The number of hydrogen-bond acceptors (Lipinski definition) is 2. The van der Waals surface area contributed by atoms with Crippen molar-refractivity contribution >= 4 is 21.6 Å². The van der Waals surface area contributed by atoms with Crippen LogP contribution in [0, 0.1) is 0 Å². The van der Waals surface area contributed by atoms with E-state index in [1.54, 1.807) is 0 Å². The van der Waals surface area contributed by atoms with Crippen molar-refractivity contribution in [2.24, 2.45) is 0 Å². The van der Waals surface area contributed by atoms with Crippen LogP contribution in [0.15, 0.2) is 22.7 Å². The summed E-state index contributed by atoms with van der Waals surface area (Å²) in [6, 6.07) is 6.13. The molecule has 1 atom stereocenters. The molecule has 1 fully saturated rings. The quantitative estimate of drug-likeness (QED) is 0.898. The third-order valence-corrected chi connectivity index (χ3v) is 3.63. The summed E-state index contributed by atoms with van der Waals surface area (Å²) in [5.41, 5.74) is 2.22. The molecule has 88 valence electrons. The molecule has 0 radical (unpaired) electrons. The van der Waals surface area contributed by atoms with Crippen molar-refractivity contribution in [3.63, 3.8) is 0 Å².